The van der Waals surface area contributed by atoms with Crippen molar-refractivity contribution >= 4 is 29.2 Å². The van der Waals surface area contributed by atoms with Crippen LogP contribution in [0.4, 0.5) is 17.6 Å². The van der Waals surface area contributed by atoms with Gasteiger partial charge >= 0.3 is 6.01 Å². The van der Waals surface area contributed by atoms with Crippen LogP contribution in [0.1, 0.15) is 5.56 Å². The van der Waals surface area contributed by atoms with Crippen molar-refractivity contribution in [3.63, 3.8) is 0 Å². The first-order chi connectivity index (χ1) is 8.58. The van der Waals surface area contributed by atoms with Gasteiger partial charge in [0.25, 0.3) is 0 Å². The highest BCUT2D eigenvalue weighted by Gasteiger charge is 2.05. The van der Waals surface area contributed by atoms with Gasteiger partial charge in [0.05, 0.1) is 7.11 Å². The van der Waals surface area contributed by atoms with Crippen LogP contribution in [0.5, 0.6) is 6.01 Å². The van der Waals surface area contributed by atoms with Crippen molar-refractivity contribution in [2.24, 2.45) is 0 Å². The highest BCUT2D eigenvalue weighted by atomic mass is 35.5. The van der Waals surface area contributed by atoms with Crippen LogP contribution < -0.4 is 15.8 Å². The number of nitrogens with zero attached hydrogens (tertiary/aromatic N) is 3. The quantitative estimate of drug-likeness (QED) is 0.885. The second kappa shape index (κ2) is 5.05. The van der Waals surface area contributed by atoms with Gasteiger partial charge in [-0.05, 0) is 24.6 Å². The number of benzene rings is 1. The lowest BCUT2D eigenvalue weighted by Gasteiger charge is -2.07. The zero-order chi connectivity index (χ0) is 13.1. The Hall–Kier alpha value is -2.08. The SMILES string of the molecule is COc1nc(N)nc(Nc2ccc(C)c(Cl)c2)n1. The van der Waals surface area contributed by atoms with Crippen molar-refractivity contribution in [2.45, 2.75) is 6.92 Å². The molecule has 0 spiro atoms. The standard InChI is InChI=1S/C11H12ClN5O/c1-6-3-4-7(5-8(6)12)14-10-15-9(13)16-11(17-10)18-2/h3-5H,1-2H3,(H3,13,14,15,16,17). The van der Waals surface area contributed by atoms with E-state index in [0.29, 0.717) is 11.0 Å². The van der Waals surface area contributed by atoms with Crippen LogP contribution in [-0.2, 0) is 0 Å². The number of halogens is 1. The molecule has 0 amide bonds. The van der Waals surface area contributed by atoms with Crippen LogP contribution in [-0.4, -0.2) is 22.1 Å². The maximum atomic E-state index is 6.03. The van der Waals surface area contributed by atoms with E-state index in [2.05, 4.69) is 20.3 Å². The van der Waals surface area contributed by atoms with Gasteiger partial charge in [-0.25, -0.2) is 0 Å². The summed E-state index contributed by atoms with van der Waals surface area (Å²) in [7, 11) is 1.46. The number of nitrogens with two attached hydrogens (primary N) is 1. The summed E-state index contributed by atoms with van der Waals surface area (Å²) >= 11 is 6.03. The molecule has 2 aromatic rings. The molecule has 6 nitrogen and oxygen atoms in total. The molecule has 94 valence electrons. The van der Waals surface area contributed by atoms with Crippen molar-refractivity contribution in [2.75, 3.05) is 18.2 Å². The number of aromatic nitrogens is 3. The van der Waals surface area contributed by atoms with Crippen LogP contribution in [0.3, 0.4) is 0 Å². The molecule has 0 unspecified atom stereocenters. The van der Waals surface area contributed by atoms with E-state index in [9.17, 15) is 0 Å². The van der Waals surface area contributed by atoms with E-state index in [4.69, 9.17) is 22.1 Å². The molecular weight excluding hydrogens is 254 g/mol. The topological polar surface area (TPSA) is 86.0 Å². The van der Waals surface area contributed by atoms with Gasteiger partial charge in [-0.3, -0.25) is 0 Å². The zero-order valence-electron chi connectivity index (χ0n) is 9.94. The molecule has 0 bridgehead atoms. The van der Waals surface area contributed by atoms with Gasteiger partial charge in [0.15, 0.2) is 0 Å². The molecule has 0 atom stereocenters. The molecule has 0 fully saturated rings. The fraction of sp³-hybridized carbons (Fsp3) is 0.182. The summed E-state index contributed by atoms with van der Waals surface area (Å²) in [6.45, 7) is 1.93. The number of aryl methyl sites for hydroxylation is 1. The lowest BCUT2D eigenvalue weighted by molar-refractivity contribution is 0.380. The van der Waals surface area contributed by atoms with Gasteiger partial charge in [0, 0.05) is 10.7 Å². The Morgan fingerprint density at radius 2 is 2.06 bits per heavy atom. The summed E-state index contributed by atoms with van der Waals surface area (Å²) in [4.78, 5) is 11.8. The number of nitrogens with one attached hydrogen (secondary N) is 1. The molecule has 0 radical (unpaired) electrons. The fourth-order valence-corrected chi connectivity index (χ4v) is 1.50. The molecule has 0 aliphatic heterocycles. The number of methoxy groups -OCH3 is 1. The Balaban J connectivity index is 2.27. The fourth-order valence-electron chi connectivity index (χ4n) is 1.32. The zero-order valence-corrected chi connectivity index (χ0v) is 10.7. The largest absolute Gasteiger partial charge is 0.467 e. The third-order valence-electron chi connectivity index (χ3n) is 2.24. The van der Waals surface area contributed by atoms with Crippen LogP contribution in [0.2, 0.25) is 5.02 Å². The monoisotopic (exact) mass is 265 g/mol. The molecule has 3 N–H and O–H groups in total. The molecule has 7 heteroatoms. The molecule has 2 rings (SSSR count). The van der Waals surface area contributed by atoms with Gasteiger partial charge < -0.3 is 15.8 Å². The van der Waals surface area contributed by atoms with E-state index in [1.807, 2.05) is 19.1 Å². The Morgan fingerprint density at radius 1 is 1.28 bits per heavy atom. The predicted octanol–water partition coefficient (Wildman–Crippen LogP) is 2.17. The molecular formula is C11H12ClN5O. The van der Waals surface area contributed by atoms with Crippen molar-refractivity contribution in [1.82, 2.24) is 15.0 Å². The average Bonchev–Trinajstić information content (AvgIpc) is 2.33. The van der Waals surface area contributed by atoms with Crippen molar-refractivity contribution in [1.29, 1.82) is 0 Å². The number of ether oxygens (including phenoxy) is 1. The molecule has 0 aliphatic carbocycles. The molecule has 1 aromatic carbocycles. The van der Waals surface area contributed by atoms with Gasteiger partial charge in [-0.15, -0.1) is 0 Å². The summed E-state index contributed by atoms with van der Waals surface area (Å²) in [5.74, 6) is 0.391. The first-order valence-corrected chi connectivity index (χ1v) is 5.55. The van der Waals surface area contributed by atoms with E-state index >= 15 is 0 Å². The molecule has 18 heavy (non-hydrogen) atoms. The van der Waals surface area contributed by atoms with E-state index in [1.54, 1.807) is 6.07 Å². The summed E-state index contributed by atoms with van der Waals surface area (Å²) in [6.07, 6.45) is 0. The molecule has 1 aromatic heterocycles. The van der Waals surface area contributed by atoms with Gasteiger partial charge in [-0.1, -0.05) is 17.7 Å². The Labute approximate surface area is 109 Å². The number of hydrogen-bond acceptors (Lipinski definition) is 6. The van der Waals surface area contributed by atoms with E-state index in [-0.39, 0.29) is 12.0 Å². The van der Waals surface area contributed by atoms with Crippen molar-refractivity contribution in [3.8, 4) is 6.01 Å². The predicted molar refractivity (Wildman–Crippen MR) is 70.3 cm³/mol. The highest BCUT2D eigenvalue weighted by Crippen LogP contribution is 2.22. The summed E-state index contributed by atoms with van der Waals surface area (Å²) in [5, 5.41) is 3.64. The molecule has 1 heterocycles. The Morgan fingerprint density at radius 3 is 2.72 bits per heavy atom. The molecule has 0 aliphatic rings. The number of hydrogen-bond donors (Lipinski definition) is 2. The molecule has 0 saturated carbocycles. The first kappa shape index (κ1) is 12.4. The second-order valence-electron chi connectivity index (χ2n) is 3.59. The summed E-state index contributed by atoms with van der Waals surface area (Å²) in [5.41, 5.74) is 7.29. The lowest BCUT2D eigenvalue weighted by Crippen LogP contribution is -2.05. The number of anilines is 3. The normalized spacial score (nSPS) is 10.2. The van der Waals surface area contributed by atoms with Crippen LogP contribution in [0.25, 0.3) is 0 Å². The minimum Gasteiger partial charge on any atom is -0.467 e. The maximum Gasteiger partial charge on any atom is 0.322 e. The summed E-state index contributed by atoms with van der Waals surface area (Å²) < 4.78 is 4.91. The smallest absolute Gasteiger partial charge is 0.322 e. The van der Waals surface area contributed by atoms with Crippen molar-refractivity contribution < 1.29 is 4.74 Å². The van der Waals surface area contributed by atoms with Gasteiger partial charge in [0.2, 0.25) is 11.9 Å². The van der Waals surface area contributed by atoms with Crippen LogP contribution in [0, 0.1) is 6.92 Å². The first-order valence-electron chi connectivity index (χ1n) is 5.17. The van der Waals surface area contributed by atoms with Crippen LogP contribution in [0.15, 0.2) is 18.2 Å². The maximum absolute atomic E-state index is 6.03. The van der Waals surface area contributed by atoms with Crippen LogP contribution >= 0.6 is 11.6 Å². The third kappa shape index (κ3) is 2.78. The minimum absolute atomic E-state index is 0.0857. The second-order valence-corrected chi connectivity index (χ2v) is 4.00. The summed E-state index contributed by atoms with van der Waals surface area (Å²) in [6, 6.07) is 5.70. The van der Waals surface area contributed by atoms with E-state index in [0.717, 1.165) is 11.3 Å². The number of rotatable bonds is 3. The van der Waals surface area contributed by atoms with E-state index in [1.165, 1.54) is 7.11 Å². The Kier molecular flexibility index (Phi) is 3.47. The van der Waals surface area contributed by atoms with Gasteiger partial charge in [0.1, 0.15) is 0 Å². The van der Waals surface area contributed by atoms with Crippen molar-refractivity contribution in [3.05, 3.63) is 28.8 Å². The lowest BCUT2D eigenvalue weighted by atomic mass is 10.2. The van der Waals surface area contributed by atoms with Gasteiger partial charge in [-0.2, -0.15) is 15.0 Å². The Bertz CT molecular complexity index is 575. The minimum atomic E-state index is 0.0857. The van der Waals surface area contributed by atoms with E-state index < -0.39 is 0 Å². The molecule has 0 saturated heterocycles. The third-order valence-corrected chi connectivity index (χ3v) is 2.65. The highest BCUT2D eigenvalue weighted by molar-refractivity contribution is 6.31. The average molecular weight is 266 g/mol. The number of nitrogen functional groups attached to an aromatic ring is 1.